The lowest BCUT2D eigenvalue weighted by Gasteiger charge is -2.09. The fourth-order valence-electron chi connectivity index (χ4n) is 1.70. The van der Waals surface area contributed by atoms with E-state index >= 15 is 0 Å². The van der Waals surface area contributed by atoms with E-state index in [-0.39, 0.29) is 5.75 Å². The molecule has 0 fully saturated rings. The van der Waals surface area contributed by atoms with Gasteiger partial charge in [-0.2, -0.15) is 0 Å². The molecule has 0 saturated heterocycles. The van der Waals surface area contributed by atoms with E-state index in [2.05, 4.69) is 22.2 Å². The van der Waals surface area contributed by atoms with Gasteiger partial charge in [-0.25, -0.2) is 4.98 Å². The van der Waals surface area contributed by atoms with Crippen LogP contribution in [0.25, 0.3) is 6.08 Å². The lowest BCUT2D eigenvalue weighted by molar-refractivity contribution is 0.464. The highest BCUT2D eigenvalue weighted by Gasteiger charge is 2.07. The summed E-state index contributed by atoms with van der Waals surface area (Å²) in [5.41, 5.74) is 2.11. The Morgan fingerprint density at radius 1 is 1.47 bits per heavy atom. The Kier molecular flexibility index (Phi) is 4.52. The summed E-state index contributed by atoms with van der Waals surface area (Å²) in [6.45, 7) is 4.90. The number of aromatic hydroxyl groups is 1. The van der Waals surface area contributed by atoms with E-state index in [0.717, 1.165) is 27.7 Å². The molecule has 0 unspecified atom stereocenters. The number of hydrogen-bond donors (Lipinski definition) is 3. The summed E-state index contributed by atoms with van der Waals surface area (Å²) in [5, 5.41) is 13.7. The van der Waals surface area contributed by atoms with Crippen LogP contribution < -0.4 is 5.32 Å². The standard InChI is InChI=1S/C14H17N3OS/c1-3-5-10-6-14(17-7-11(10)16-4-2)19-13-9-15-8-12(13)18/h3,5-9,15-16,18H,4H2,1-2H3/b5-3+. The molecule has 0 aromatic carbocycles. The number of nitrogens with zero attached hydrogens (tertiary/aromatic N) is 1. The molecule has 0 spiro atoms. The van der Waals surface area contributed by atoms with Gasteiger partial charge < -0.3 is 15.4 Å². The van der Waals surface area contributed by atoms with Crippen LogP contribution in [0.4, 0.5) is 5.69 Å². The van der Waals surface area contributed by atoms with Crippen LogP contribution in [0.2, 0.25) is 0 Å². The largest absolute Gasteiger partial charge is 0.505 e. The minimum Gasteiger partial charge on any atom is -0.505 e. The Balaban J connectivity index is 2.27. The Labute approximate surface area is 117 Å². The van der Waals surface area contributed by atoms with Gasteiger partial charge in [0.05, 0.1) is 16.8 Å². The van der Waals surface area contributed by atoms with Gasteiger partial charge in [0.1, 0.15) is 10.8 Å². The lowest BCUT2D eigenvalue weighted by atomic mass is 10.2. The first-order chi connectivity index (χ1) is 9.24. The zero-order valence-corrected chi connectivity index (χ0v) is 11.8. The van der Waals surface area contributed by atoms with Gasteiger partial charge in [-0.3, -0.25) is 0 Å². The predicted molar refractivity (Wildman–Crippen MR) is 79.7 cm³/mol. The molecule has 0 bridgehead atoms. The molecule has 0 aliphatic rings. The maximum absolute atomic E-state index is 9.62. The predicted octanol–water partition coefficient (Wildman–Crippen LogP) is 3.73. The number of aromatic nitrogens is 2. The average molecular weight is 275 g/mol. The Bertz CT molecular complexity index is 578. The first-order valence-electron chi connectivity index (χ1n) is 6.14. The number of allylic oxidation sites excluding steroid dienone is 1. The second-order valence-corrected chi connectivity index (χ2v) is 5.01. The van der Waals surface area contributed by atoms with Crippen LogP contribution in [-0.2, 0) is 0 Å². The fourth-order valence-corrected chi connectivity index (χ4v) is 2.51. The fraction of sp³-hybridized carbons (Fsp3) is 0.214. The summed E-state index contributed by atoms with van der Waals surface area (Å²) in [7, 11) is 0. The highest BCUT2D eigenvalue weighted by atomic mass is 32.2. The topological polar surface area (TPSA) is 60.9 Å². The molecule has 0 saturated carbocycles. The number of anilines is 1. The van der Waals surface area contributed by atoms with Crippen molar-refractivity contribution in [2.24, 2.45) is 0 Å². The second kappa shape index (κ2) is 6.33. The molecule has 0 radical (unpaired) electrons. The van der Waals surface area contributed by atoms with Crippen molar-refractivity contribution in [1.29, 1.82) is 0 Å². The zero-order valence-electron chi connectivity index (χ0n) is 11.0. The van der Waals surface area contributed by atoms with E-state index in [1.54, 1.807) is 12.4 Å². The van der Waals surface area contributed by atoms with Crippen LogP contribution in [0.1, 0.15) is 19.4 Å². The van der Waals surface area contributed by atoms with Crippen LogP contribution in [-0.4, -0.2) is 21.6 Å². The Morgan fingerprint density at radius 3 is 2.95 bits per heavy atom. The molecule has 5 heteroatoms. The van der Waals surface area contributed by atoms with E-state index in [1.165, 1.54) is 11.8 Å². The van der Waals surface area contributed by atoms with Gasteiger partial charge in [0, 0.05) is 24.5 Å². The zero-order chi connectivity index (χ0) is 13.7. The van der Waals surface area contributed by atoms with E-state index in [1.807, 2.05) is 31.3 Å². The summed E-state index contributed by atoms with van der Waals surface area (Å²) in [6, 6.07) is 2.01. The molecule has 100 valence electrons. The third-order valence-electron chi connectivity index (χ3n) is 2.53. The summed E-state index contributed by atoms with van der Waals surface area (Å²) in [5.74, 6) is 0.246. The molecule has 3 N–H and O–H groups in total. The maximum atomic E-state index is 9.62. The lowest BCUT2D eigenvalue weighted by Crippen LogP contribution is -1.99. The van der Waals surface area contributed by atoms with Crippen LogP contribution in [0, 0.1) is 0 Å². The van der Waals surface area contributed by atoms with Crippen molar-refractivity contribution in [2.75, 3.05) is 11.9 Å². The molecule has 0 aliphatic heterocycles. The monoisotopic (exact) mass is 275 g/mol. The van der Waals surface area contributed by atoms with E-state index in [4.69, 9.17) is 0 Å². The Morgan fingerprint density at radius 2 is 2.32 bits per heavy atom. The minimum absolute atomic E-state index is 0.246. The summed E-state index contributed by atoms with van der Waals surface area (Å²) in [6.07, 6.45) is 9.18. The molecule has 19 heavy (non-hydrogen) atoms. The normalized spacial score (nSPS) is 11.1. The molecule has 2 heterocycles. The maximum Gasteiger partial charge on any atom is 0.146 e. The molecule has 4 nitrogen and oxygen atoms in total. The van der Waals surface area contributed by atoms with Crippen molar-refractivity contribution in [2.45, 2.75) is 23.8 Å². The molecule has 0 amide bonds. The van der Waals surface area contributed by atoms with Gasteiger partial charge in [0.25, 0.3) is 0 Å². The van der Waals surface area contributed by atoms with Crippen LogP contribution >= 0.6 is 11.8 Å². The van der Waals surface area contributed by atoms with Crippen molar-refractivity contribution in [1.82, 2.24) is 9.97 Å². The number of H-pyrrole nitrogens is 1. The molecule has 2 aromatic rings. The average Bonchev–Trinajstić information content (AvgIpc) is 2.79. The molecule has 0 atom stereocenters. The molecular weight excluding hydrogens is 258 g/mol. The van der Waals surface area contributed by atoms with E-state index in [9.17, 15) is 5.11 Å². The first kappa shape index (κ1) is 13.5. The Hall–Kier alpha value is -1.88. The third-order valence-corrected chi connectivity index (χ3v) is 3.51. The van der Waals surface area contributed by atoms with Gasteiger partial charge in [0.15, 0.2) is 0 Å². The van der Waals surface area contributed by atoms with Crippen LogP contribution in [0.15, 0.2) is 40.7 Å². The van der Waals surface area contributed by atoms with E-state index in [0.29, 0.717) is 0 Å². The van der Waals surface area contributed by atoms with Crippen LogP contribution in [0.3, 0.4) is 0 Å². The van der Waals surface area contributed by atoms with Crippen molar-refractivity contribution in [3.05, 3.63) is 36.3 Å². The van der Waals surface area contributed by atoms with Crippen molar-refractivity contribution >= 4 is 23.5 Å². The number of pyridine rings is 1. The van der Waals surface area contributed by atoms with E-state index < -0.39 is 0 Å². The van der Waals surface area contributed by atoms with Crippen LogP contribution in [0.5, 0.6) is 5.75 Å². The summed E-state index contributed by atoms with van der Waals surface area (Å²) >= 11 is 1.43. The van der Waals surface area contributed by atoms with Gasteiger partial charge >= 0.3 is 0 Å². The smallest absolute Gasteiger partial charge is 0.146 e. The van der Waals surface area contributed by atoms with Crippen molar-refractivity contribution in [3.8, 4) is 5.75 Å². The number of hydrogen-bond acceptors (Lipinski definition) is 4. The molecule has 0 aliphatic carbocycles. The SMILES string of the molecule is C/C=C/c1cc(Sc2c[nH]cc2O)ncc1NCC. The first-order valence-corrected chi connectivity index (χ1v) is 6.96. The number of aromatic amines is 1. The second-order valence-electron chi connectivity index (χ2n) is 3.95. The quantitative estimate of drug-likeness (QED) is 0.778. The van der Waals surface area contributed by atoms with Gasteiger partial charge in [0.2, 0.25) is 0 Å². The van der Waals surface area contributed by atoms with Gasteiger partial charge in [-0.05, 0) is 19.9 Å². The molecule has 2 aromatic heterocycles. The molecule has 2 rings (SSSR count). The van der Waals surface area contributed by atoms with Crippen molar-refractivity contribution in [3.63, 3.8) is 0 Å². The van der Waals surface area contributed by atoms with Crippen molar-refractivity contribution < 1.29 is 5.11 Å². The highest BCUT2D eigenvalue weighted by Crippen LogP contribution is 2.34. The third kappa shape index (κ3) is 3.32. The number of nitrogens with one attached hydrogen (secondary N) is 2. The molecular formula is C14H17N3OS. The van der Waals surface area contributed by atoms with Gasteiger partial charge in [-0.1, -0.05) is 23.9 Å². The van der Waals surface area contributed by atoms with Gasteiger partial charge in [-0.15, -0.1) is 0 Å². The number of rotatable bonds is 5. The summed E-state index contributed by atoms with van der Waals surface area (Å²) in [4.78, 5) is 8.04. The summed E-state index contributed by atoms with van der Waals surface area (Å²) < 4.78 is 0. The minimum atomic E-state index is 0.246. The highest BCUT2D eigenvalue weighted by molar-refractivity contribution is 7.99.